The molecule has 2 aromatic rings. The fourth-order valence-corrected chi connectivity index (χ4v) is 5.83. The van der Waals surface area contributed by atoms with Gasteiger partial charge in [-0.05, 0) is 88.4 Å². The molecule has 0 spiro atoms. The second kappa shape index (κ2) is 13.0. The average molecular weight is 595 g/mol. The Balaban J connectivity index is 1.31. The molecule has 1 saturated carbocycles. The molecule has 1 saturated heterocycles. The Kier molecular flexibility index (Phi) is 9.31. The standard InChI is InChI=1S/C32H46N6O5/c1-5-36-11-13-37(14-12-36)29-18-22(17-28(35-29)34-24-7-6-8-24)30(41)33-19-27(40)26-16-21-9-10-25(39)15-23(21)20-38(26)31(42)43-32(2,3)4/h9-10,15,17-18,24,26-27,39-40H,5-8,11-14,16,19-20H2,1-4H3,(H,33,41)(H,34,35)/t26-,27+/m0/s1. The number of anilines is 2. The van der Waals surface area contributed by atoms with Gasteiger partial charge in [0.15, 0.2) is 0 Å². The van der Waals surface area contributed by atoms with Crippen LogP contribution in [0.2, 0.25) is 0 Å². The molecule has 2 amide bonds. The second-order valence-electron chi connectivity index (χ2n) is 12.9. The summed E-state index contributed by atoms with van der Waals surface area (Å²) in [7, 11) is 0. The summed E-state index contributed by atoms with van der Waals surface area (Å²) in [5.41, 5.74) is 1.49. The molecule has 234 valence electrons. The number of aliphatic hydroxyl groups excluding tert-OH is 1. The minimum atomic E-state index is -1.05. The fraction of sp³-hybridized carbons (Fsp3) is 0.594. The maximum absolute atomic E-state index is 13.5. The molecule has 0 unspecified atom stereocenters. The second-order valence-corrected chi connectivity index (χ2v) is 12.9. The van der Waals surface area contributed by atoms with Crippen molar-refractivity contribution in [2.24, 2.45) is 0 Å². The van der Waals surface area contributed by atoms with Gasteiger partial charge in [-0.25, -0.2) is 9.78 Å². The first-order chi connectivity index (χ1) is 20.5. The summed E-state index contributed by atoms with van der Waals surface area (Å²) in [4.78, 5) is 37.6. The smallest absolute Gasteiger partial charge is 0.410 e. The molecule has 11 nitrogen and oxygen atoms in total. The van der Waals surface area contributed by atoms with Crippen molar-refractivity contribution in [3.63, 3.8) is 0 Å². The zero-order valence-electron chi connectivity index (χ0n) is 25.8. The normalized spacial score (nSPS) is 20.2. The number of pyridine rings is 1. The van der Waals surface area contributed by atoms with Crippen LogP contribution < -0.4 is 15.5 Å². The van der Waals surface area contributed by atoms with Gasteiger partial charge in [0.05, 0.1) is 12.1 Å². The number of phenolic OH excluding ortho intramolecular Hbond substituents is 1. The predicted octanol–water partition coefficient (Wildman–Crippen LogP) is 3.35. The Hall–Kier alpha value is -3.57. The van der Waals surface area contributed by atoms with Gasteiger partial charge >= 0.3 is 6.09 Å². The van der Waals surface area contributed by atoms with Crippen molar-refractivity contribution in [3.05, 3.63) is 47.0 Å². The van der Waals surface area contributed by atoms with Gasteiger partial charge in [-0.2, -0.15) is 0 Å². The van der Waals surface area contributed by atoms with Crippen molar-refractivity contribution in [1.82, 2.24) is 20.1 Å². The minimum absolute atomic E-state index is 0.0472. The molecule has 1 aliphatic carbocycles. The van der Waals surface area contributed by atoms with Crippen LogP contribution in [0.25, 0.3) is 0 Å². The highest BCUT2D eigenvalue weighted by Crippen LogP contribution is 2.30. The van der Waals surface area contributed by atoms with Gasteiger partial charge in [-0.1, -0.05) is 13.0 Å². The van der Waals surface area contributed by atoms with Crippen molar-refractivity contribution >= 4 is 23.6 Å². The molecule has 0 bridgehead atoms. The van der Waals surface area contributed by atoms with Crippen LogP contribution in [0.15, 0.2) is 30.3 Å². The number of aromatic hydroxyl groups is 1. The molecule has 3 heterocycles. The van der Waals surface area contributed by atoms with Gasteiger partial charge in [0.25, 0.3) is 5.91 Å². The van der Waals surface area contributed by atoms with Gasteiger partial charge in [0.2, 0.25) is 0 Å². The predicted molar refractivity (Wildman–Crippen MR) is 166 cm³/mol. The lowest BCUT2D eigenvalue weighted by molar-refractivity contribution is -0.0113. The van der Waals surface area contributed by atoms with Crippen LogP contribution in [0.4, 0.5) is 16.4 Å². The van der Waals surface area contributed by atoms with E-state index in [0.717, 1.165) is 62.5 Å². The van der Waals surface area contributed by atoms with Crippen LogP contribution in [0, 0.1) is 0 Å². The van der Waals surface area contributed by atoms with Crippen molar-refractivity contribution in [3.8, 4) is 5.75 Å². The lowest BCUT2D eigenvalue weighted by atomic mass is 9.91. The number of hydrogen-bond donors (Lipinski definition) is 4. The highest BCUT2D eigenvalue weighted by atomic mass is 16.6. The Morgan fingerprint density at radius 2 is 1.84 bits per heavy atom. The Bertz CT molecular complexity index is 1300. The van der Waals surface area contributed by atoms with Crippen LogP contribution in [-0.2, 0) is 17.7 Å². The first-order valence-electron chi connectivity index (χ1n) is 15.5. The molecular formula is C32H46N6O5. The van der Waals surface area contributed by atoms with Gasteiger partial charge in [-0.15, -0.1) is 0 Å². The van der Waals surface area contributed by atoms with E-state index in [9.17, 15) is 19.8 Å². The van der Waals surface area contributed by atoms with Crippen LogP contribution in [0.5, 0.6) is 5.75 Å². The Morgan fingerprint density at radius 3 is 2.49 bits per heavy atom. The molecular weight excluding hydrogens is 548 g/mol. The highest BCUT2D eigenvalue weighted by Gasteiger charge is 2.37. The maximum Gasteiger partial charge on any atom is 0.410 e. The number of likely N-dealkylation sites (N-methyl/N-ethyl adjacent to an activating group) is 1. The number of aromatic nitrogens is 1. The molecule has 0 radical (unpaired) electrons. The maximum atomic E-state index is 13.5. The Labute approximate surface area is 254 Å². The number of benzene rings is 1. The van der Waals surface area contributed by atoms with E-state index in [1.54, 1.807) is 39.0 Å². The molecule has 1 aromatic carbocycles. The number of hydrogen-bond acceptors (Lipinski definition) is 9. The molecule has 2 aliphatic heterocycles. The number of piperazine rings is 1. The molecule has 43 heavy (non-hydrogen) atoms. The highest BCUT2D eigenvalue weighted by molar-refractivity contribution is 5.95. The summed E-state index contributed by atoms with van der Waals surface area (Å²) in [5, 5.41) is 27.7. The number of amides is 2. The number of nitrogens with zero attached hydrogens (tertiary/aromatic N) is 4. The number of fused-ring (bicyclic) bond motifs is 1. The molecule has 2 atom stereocenters. The van der Waals surface area contributed by atoms with Gasteiger partial charge in [0.1, 0.15) is 23.0 Å². The first-order valence-corrected chi connectivity index (χ1v) is 15.5. The number of nitrogens with one attached hydrogen (secondary N) is 2. The molecule has 2 fully saturated rings. The van der Waals surface area contributed by atoms with E-state index in [4.69, 9.17) is 9.72 Å². The Morgan fingerprint density at radius 1 is 1.09 bits per heavy atom. The lowest BCUT2D eigenvalue weighted by Crippen LogP contribution is -2.54. The summed E-state index contributed by atoms with van der Waals surface area (Å²) in [6, 6.07) is 8.40. The summed E-state index contributed by atoms with van der Waals surface area (Å²) in [6.45, 7) is 12.3. The number of carbonyl (C=O) groups excluding carboxylic acids is 2. The van der Waals surface area contributed by atoms with Crippen molar-refractivity contribution < 1.29 is 24.5 Å². The summed E-state index contributed by atoms with van der Waals surface area (Å²) in [6.07, 6.45) is 2.14. The van der Waals surface area contributed by atoms with Crippen LogP contribution in [0.1, 0.15) is 68.4 Å². The van der Waals surface area contributed by atoms with Crippen molar-refractivity contribution in [2.75, 3.05) is 49.5 Å². The fourth-order valence-electron chi connectivity index (χ4n) is 5.83. The van der Waals surface area contributed by atoms with Crippen LogP contribution in [-0.4, -0.2) is 100 Å². The molecule has 4 N–H and O–H groups in total. The van der Waals surface area contributed by atoms with E-state index >= 15 is 0 Å². The minimum Gasteiger partial charge on any atom is -0.508 e. The van der Waals surface area contributed by atoms with Gasteiger partial charge in [0, 0.05) is 50.9 Å². The largest absolute Gasteiger partial charge is 0.508 e. The van der Waals surface area contributed by atoms with Crippen molar-refractivity contribution in [1.29, 1.82) is 0 Å². The number of ether oxygens (including phenoxy) is 1. The third-order valence-corrected chi connectivity index (χ3v) is 8.58. The number of aliphatic hydroxyl groups is 1. The lowest BCUT2D eigenvalue weighted by Gasteiger charge is -2.40. The van der Waals surface area contributed by atoms with E-state index in [0.29, 0.717) is 23.8 Å². The number of rotatable bonds is 8. The van der Waals surface area contributed by atoms with Gasteiger partial charge < -0.3 is 35.4 Å². The molecule has 11 heteroatoms. The third kappa shape index (κ3) is 7.69. The monoisotopic (exact) mass is 594 g/mol. The van der Waals surface area contributed by atoms with E-state index in [1.165, 1.54) is 11.3 Å². The zero-order valence-corrected chi connectivity index (χ0v) is 25.8. The van der Waals surface area contributed by atoms with Gasteiger partial charge in [-0.3, -0.25) is 9.69 Å². The zero-order chi connectivity index (χ0) is 30.7. The average Bonchev–Trinajstić information content (AvgIpc) is 2.95. The number of carbonyl (C=O) groups is 2. The summed E-state index contributed by atoms with van der Waals surface area (Å²) < 4.78 is 5.65. The summed E-state index contributed by atoms with van der Waals surface area (Å²) >= 11 is 0. The number of phenols is 1. The quantitative estimate of drug-likeness (QED) is 0.364. The van der Waals surface area contributed by atoms with Crippen molar-refractivity contribution in [2.45, 2.75) is 83.7 Å². The molecule has 1 aromatic heterocycles. The van der Waals surface area contributed by atoms with E-state index < -0.39 is 23.8 Å². The first kappa shape index (κ1) is 30.9. The topological polar surface area (TPSA) is 130 Å². The third-order valence-electron chi connectivity index (χ3n) is 8.58. The van der Waals surface area contributed by atoms with E-state index in [1.807, 2.05) is 12.1 Å². The van der Waals surface area contributed by atoms with Crippen LogP contribution in [0.3, 0.4) is 0 Å². The van der Waals surface area contributed by atoms with Crippen LogP contribution >= 0.6 is 0 Å². The SMILES string of the molecule is CCN1CCN(c2cc(C(=O)NC[C@@H](O)[C@@H]3Cc4ccc(O)cc4CN3C(=O)OC(C)(C)C)cc(NC3CCC3)n2)CC1. The molecule has 3 aliphatic rings. The van der Waals surface area contributed by atoms with E-state index in [2.05, 4.69) is 27.4 Å². The van der Waals surface area contributed by atoms with E-state index in [-0.39, 0.29) is 24.7 Å². The molecule has 5 rings (SSSR count). The summed E-state index contributed by atoms with van der Waals surface area (Å²) in [5.74, 6) is 1.27.